The van der Waals surface area contributed by atoms with E-state index in [2.05, 4.69) is 46.8 Å². The third kappa shape index (κ3) is 4.56. The van der Waals surface area contributed by atoms with E-state index in [-0.39, 0.29) is 0 Å². The van der Waals surface area contributed by atoms with Crippen LogP contribution in [0.3, 0.4) is 0 Å². The van der Waals surface area contributed by atoms with Gasteiger partial charge in [-0.1, -0.05) is 53.9 Å². The Balaban J connectivity index is 1.99. The fourth-order valence-corrected chi connectivity index (χ4v) is 4.44. The second-order valence-corrected chi connectivity index (χ2v) is 6.78. The van der Waals surface area contributed by atoms with Crippen LogP contribution in [0.1, 0.15) is 25.7 Å². The molecule has 0 saturated heterocycles. The maximum Gasteiger partial charge on any atom is 0.137 e. The maximum absolute atomic E-state index is 5.17. The summed E-state index contributed by atoms with van der Waals surface area (Å²) in [6.45, 7) is 0. The molecule has 0 aromatic rings. The van der Waals surface area contributed by atoms with Gasteiger partial charge in [0, 0.05) is 11.0 Å². The first-order valence-electron chi connectivity index (χ1n) is 7.05. The van der Waals surface area contributed by atoms with E-state index in [4.69, 9.17) is 18.1 Å². The van der Waals surface area contributed by atoms with Crippen LogP contribution in [0, 0.1) is 11.8 Å². The zero-order chi connectivity index (χ0) is 14.2. The van der Waals surface area contributed by atoms with Crippen LogP contribution in [0.4, 0.5) is 0 Å². The Bertz CT molecular complexity index is 440. The van der Waals surface area contributed by atoms with Gasteiger partial charge in [-0.05, 0) is 37.5 Å². The van der Waals surface area contributed by atoms with Crippen molar-refractivity contribution in [3.05, 3.63) is 36.5 Å². The van der Waals surface area contributed by atoms with E-state index in [0.29, 0.717) is 16.2 Å². The molecule has 0 aromatic carbocycles. The first kappa shape index (κ1) is 15.4. The third-order valence-corrected chi connectivity index (χ3v) is 5.75. The molecule has 0 amide bonds. The molecule has 0 saturated carbocycles. The predicted octanol–water partition coefficient (Wildman–Crippen LogP) is 4.23. The highest BCUT2D eigenvalue weighted by atomic mass is 32.2. The normalized spacial score (nSPS) is 27.0. The van der Waals surface area contributed by atoms with Gasteiger partial charge in [0.1, 0.15) is 4.99 Å². The van der Waals surface area contributed by atoms with Crippen LogP contribution >= 0.6 is 24.0 Å². The van der Waals surface area contributed by atoms with Crippen molar-refractivity contribution in [2.75, 3.05) is 5.75 Å². The van der Waals surface area contributed by atoms with Gasteiger partial charge in [-0.3, -0.25) is 0 Å². The Morgan fingerprint density at radius 2 is 2.20 bits per heavy atom. The first-order chi connectivity index (χ1) is 9.81. The third-order valence-electron chi connectivity index (χ3n) is 3.78. The molecule has 0 aliphatic heterocycles. The van der Waals surface area contributed by atoms with Crippen LogP contribution in [-0.2, 0) is 0 Å². The molecular formula is C15H21N3S2. The van der Waals surface area contributed by atoms with Gasteiger partial charge >= 0.3 is 0 Å². The molecule has 3 unspecified atom stereocenters. The second kappa shape index (κ2) is 8.37. The monoisotopic (exact) mass is 307 g/mol. The Kier molecular flexibility index (Phi) is 6.47. The van der Waals surface area contributed by atoms with Gasteiger partial charge in [0.2, 0.25) is 0 Å². The molecule has 108 valence electrons. The number of hydrogen-bond acceptors (Lipinski definition) is 3. The highest BCUT2D eigenvalue weighted by Crippen LogP contribution is 2.37. The Labute approximate surface area is 130 Å². The molecule has 0 spiro atoms. The fraction of sp³-hybridized carbons (Fsp3) is 0.533. The quantitative estimate of drug-likeness (QED) is 0.272. The molecule has 0 fully saturated rings. The lowest BCUT2D eigenvalue weighted by atomic mass is 9.83. The molecule has 0 radical (unpaired) electrons. The first-order valence-corrected chi connectivity index (χ1v) is 8.50. The number of thiocarbonyl (C=S) groups is 1. The summed E-state index contributed by atoms with van der Waals surface area (Å²) in [7, 11) is 0. The van der Waals surface area contributed by atoms with Crippen LogP contribution in [0.25, 0.3) is 0 Å². The van der Waals surface area contributed by atoms with E-state index >= 15 is 0 Å². The number of nitrogens with zero attached hydrogens (tertiary/aromatic N) is 2. The lowest BCUT2D eigenvalue weighted by Gasteiger charge is -2.33. The highest BCUT2D eigenvalue weighted by Gasteiger charge is 2.28. The molecule has 3 atom stereocenters. The number of rotatable bonds is 5. The molecular weight excluding hydrogens is 286 g/mol. The van der Waals surface area contributed by atoms with E-state index in [0.717, 1.165) is 18.1 Å². The molecule has 2 N–H and O–H groups in total. The molecule has 20 heavy (non-hydrogen) atoms. The Morgan fingerprint density at radius 3 is 2.85 bits per heavy atom. The van der Waals surface area contributed by atoms with Gasteiger partial charge in [-0.15, -0.1) is 5.11 Å². The Hall–Kier alpha value is -0.940. The van der Waals surface area contributed by atoms with E-state index < -0.39 is 0 Å². The summed E-state index contributed by atoms with van der Waals surface area (Å²) in [5.74, 6) is 7.11. The van der Waals surface area contributed by atoms with Crippen LogP contribution in [-0.4, -0.2) is 16.0 Å². The molecule has 0 bridgehead atoms. The Morgan fingerprint density at radius 1 is 1.30 bits per heavy atom. The minimum absolute atomic E-state index is 0.587. The van der Waals surface area contributed by atoms with Gasteiger partial charge in [0.05, 0.1) is 0 Å². The molecule has 2 aliphatic carbocycles. The van der Waals surface area contributed by atoms with Crippen molar-refractivity contribution in [1.29, 1.82) is 0 Å². The smallest absolute Gasteiger partial charge is 0.137 e. The summed E-state index contributed by atoms with van der Waals surface area (Å²) in [6, 6.07) is 0. The van der Waals surface area contributed by atoms with Crippen LogP contribution in [0.15, 0.2) is 46.8 Å². The van der Waals surface area contributed by atoms with E-state index in [1.165, 1.54) is 19.3 Å². The number of thioether (sulfide) groups is 1. The topological polar surface area (TPSA) is 50.7 Å². The van der Waals surface area contributed by atoms with Gasteiger partial charge in [-0.2, -0.15) is 11.8 Å². The number of nitrogens with two attached hydrogens (primary N) is 1. The van der Waals surface area contributed by atoms with Crippen molar-refractivity contribution in [1.82, 2.24) is 0 Å². The zero-order valence-corrected chi connectivity index (χ0v) is 13.2. The molecule has 3 nitrogen and oxygen atoms in total. The van der Waals surface area contributed by atoms with Crippen molar-refractivity contribution in [2.24, 2.45) is 28.0 Å². The van der Waals surface area contributed by atoms with Crippen molar-refractivity contribution >= 4 is 29.0 Å². The van der Waals surface area contributed by atoms with Crippen LogP contribution < -0.4 is 5.84 Å². The summed E-state index contributed by atoms with van der Waals surface area (Å²) in [4.78, 5) is 0.587. The minimum Gasteiger partial charge on any atom is -0.305 e. The molecule has 0 heterocycles. The van der Waals surface area contributed by atoms with Crippen molar-refractivity contribution < 1.29 is 0 Å². The van der Waals surface area contributed by atoms with Gasteiger partial charge in [0.25, 0.3) is 0 Å². The van der Waals surface area contributed by atoms with Gasteiger partial charge in [-0.25, -0.2) is 0 Å². The maximum atomic E-state index is 5.17. The van der Waals surface area contributed by atoms with E-state index in [1.807, 2.05) is 11.8 Å². The second-order valence-electron chi connectivity index (χ2n) is 5.14. The van der Waals surface area contributed by atoms with E-state index in [9.17, 15) is 0 Å². The summed E-state index contributed by atoms with van der Waals surface area (Å²) < 4.78 is 0. The van der Waals surface area contributed by atoms with Gasteiger partial charge < -0.3 is 5.84 Å². The SMILES string of the molecule is NN=NC(=S)CSC(C1C=CC=CC1)C1CC=CCC1. The van der Waals surface area contributed by atoms with Crippen molar-refractivity contribution in [3.63, 3.8) is 0 Å². The average molecular weight is 307 g/mol. The molecule has 0 aromatic heterocycles. The fourth-order valence-electron chi connectivity index (χ4n) is 2.83. The van der Waals surface area contributed by atoms with E-state index in [1.54, 1.807) is 0 Å². The minimum atomic E-state index is 0.587. The summed E-state index contributed by atoms with van der Waals surface area (Å²) >= 11 is 7.08. The van der Waals surface area contributed by atoms with Crippen LogP contribution in [0.2, 0.25) is 0 Å². The number of allylic oxidation sites excluding steroid dienone is 6. The molecule has 2 rings (SSSR count). The van der Waals surface area contributed by atoms with Crippen molar-refractivity contribution in [2.45, 2.75) is 30.9 Å². The average Bonchev–Trinajstić information content (AvgIpc) is 2.50. The predicted molar refractivity (Wildman–Crippen MR) is 90.8 cm³/mol. The van der Waals surface area contributed by atoms with Crippen molar-refractivity contribution in [3.8, 4) is 0 Å². The summed E-state index contributed by atoms with van der Waals surface area (Å²) in [5, 5.41) is 7.62. The van der Waals surface area contributed by atoms with Crippen LogP contribution in [0.5, 0.6) is 0 Å². The lowest BCUT2D eigenvalue weighted by Crippen LogP contribution is -2.27. The summed E-state index contributed by atoms with van der Waals surface area (Å²) in [5.41, 5.74) is 0. The molecule has 5 heteroatoms. The molecule has 2 aliphatic rings. The highest BCUT2D eigenvalue weighted by molar-refractivity contribution is 8.01. The zero-order valence-electron chi connectivity index (χ0n) is 11.5. The lowest BCUT2D eigenvalue weighted by molar-refractivity contribution is 0.402. The standard InChI is InChI=1S/C15H21N3S2/c16-18-17-14(19)11-20-15(12-7-3-1-4-8-12)13-9-5-2-6-10-13/h1-5,7,12-13,15H,6,8-11H2,(H2,16,17,19). The summed E-state index contributed by atoms with van der Waals surface area (Å²) in [6.07, 6.45) is 18.3. The van der Waals surface area contributed by atoms with Gasteiger partial charge in [0.15, 0.2) is 0 Å². The number of hydrogen-bond donors (Lipinski definition) is 1. The largest absolute Gasteiger partial charge is 0.305 e.